The van der Waals surface area contributed by atoms with Crippen LogP contribution in [0.3, 0.4) is 0 Å². The minimum Gasteiger partial charge on any atom is -0.293 e. The monoisotopic (exact) mass is 338 g/mol. The van der Waals surface area contributed by atoms with E-state index in [0.29, 0.717) is 10.7 Å². The Morgan fingerprint density at radius 2 is 1.88 bits per heavy atom. The molecule has 0 aliphatic carbocycles. The highest BCUT2D eigenvalue weighted by Gasteiger charge is 2.20. The summed E-state index contributed by atoms with van der Waals surface area (Å²) in [5, 5.41) is 12.3. The third kappa shape index (κ3) is 3.38. The van der Waals surface area contributed by atoms with E-state index in [1.807, 2.05) is 63.2 Å². The van der Waals surface area contributed by atoms with Gasteiger partial charge in [-0.25, -0.2) is 0 Å². The molecule has 0 radical (unpaired) electrons. The molecule has 1 aromatic heterocycles. The molecule has 0 aliphatic rings. The maximum atomic E-state index is 12.5. The molecular formula is C18H18N4OS. The molecule has 6 heteroatoms. The largest absolute Gasteiger partial charge is 0.293 e. The summed E-state index contributed by atoms with van der Waals surface area (Å²) in [5.41, 5.74) is 3.90. The molecule has 3 rings (SSSR count). The molecule has 3 aromatic rings. The summed E-state index contributed by atoms with van der Waals surface area (Å²) in [5.74, 6) is 0.0655. The van der Waals surface area contributed by atoms with Crippen molar-refractivity contribution in [2.45, 2.75) is 31.2 Å². The summed E-state index contributed by atoms with van der Waals surface area (Å²) in [6, 6.07) is 15.4. The van der Waals surface area contributed by atoms with Gasteiger partial charge in [0.05, 0.1) is 10.9 Å². The van der Waals surface area contributed by atoms with E-state index in [1.54, 1.807) is 4.68 Å². The average Bonchev–Trinajstić information content (AvgIpc) is 3.03. The molecule has 0 saturated carbocycles. The molecule has 122 valence electrons. The maximum absolute atomic E-state index is 12.5. The maximum Gasteiger partial charge on any atom is 0.214 e. The number of Topliss-reactive ketones (excluding diaryl/α,β-unsaturated/α-hetero) is 1. The van der Waals surface area contributed by atoms with Gasteiger partial charge < -0.3 is 0 Å². The summed E-state index contributed by atoms with van der Waals surface area (Å²) < 4.78 is 1.69. The van der Waals surface area contributed by atoms with E-state index in [4.69, 9.17) is 0 Å². The first-order chi connectivity index (χ1) is 11.6. The fourth-order valence-electron chi connectivity index (χ4n) is 2.50. The Morgan fingerprint density at radius 1 is 1.12 bits per heavy atom. The molecule has 0 aliphatic heterocycles. The second kappa shape index (κ2) is 6.97. The smallest absolute Gasteiger partial charge is 0.214 e. The average molecular weight is 338 g/mol. The van der Waals surface area contributed by atoms with Crippen molar-refractivity contribution in [2.75, 3.05) is 0 Å². The van der Waals surface area contributed by atoms with E-state index in [-0.39, 0.29) is 11.0 Å². The van der Waals surface area contributed by atoms with Crippen molar-refractivity contribution in [3.05, 3.63) is 65.2 Å². The van der Waals surface area contributed by atoms with Crippen LogP contribution in [0.25, 0.3) is 5.69 Å². The first kappa shape index (κ1) is 16.4. The second-order valence-electron chi connectivity index (χ2n) is 5.65. The molecule has 0 N–H and O–H groups in total. The van der Waals surface area contributed by atoms with Gasteiger partial charge in [0.2, 0.25) is 5.16 Å². The van der Waals surface area contributed by atoms with Gasteiger partial charge >= 0.3 is 0 Å². The van der Waals surface area contributed by atoms with Crippen LogP contribution in [0.2, 0.25) is 0 Å². The Bertz CT molecular complexity index is 860. The number of thioether (sulfide) groups is 1. The van der Waals surface area contributed by atoms with Gasteiger partial charge in [-0.2, -0.15) is 4.68 Å². The zero-order chi connectivity index (χ0) is 17.1. The lowest BCUT2D eigenvalue weighted by atomic mass is 10.1. The molecule has 0 fully saturated rings. The van der Waals surface area contributed by atoms with Crippen molar-refractivity contribution in [2.24, 2.45) is 0 Å². The van der Waals surface area contributed by atoms with Crippen LogP contribution in [-0.4, -0.2) is 31.2 Å². The van der Waals surface area contributed by atoms with Crippen LogP contribution >= 0.6 is 11.8 Å². The summed E-state index contributed by atoms with van der Waals surface area (Å²) >= 11 is 1.36. The molecule has 5 nitrogen and oxygen atoms in total. The van der Waals surface area contributed by atoms with Crippen LogP contribution in [0.1, 0.15) is 28.4 Å². The lowest BCUT2D eigenvalue weighted by Gasteiger charge is -2.11. The quantitative estimate of drug-likeness (QED) is 0.525. The van der Waals surface area contributed by atoms with Gasteiger partial charge in [0.1, 0.15) is 0 Å². The Morgan fingerprint density at radius 3 is 2.58 bits per heavy atom. The number of carbonyl (C=O) groups is 1. The number of hydrogen-bond donors (Lipinski definition) is 0. The summed E-state index contributed by atoms with van der Waals surface area (Å²) in [6.45, 7) is 5.95. The standard InChI is InChI=1S/C18H18N4OS/c1-12-9-10-16(13(2)11-12)22-18(19-20-21-22)24-14(3)17(23)15-7-5-4-6-8-15/h4-11,14H,1-3H3/t14-/m1/s1. The van der Waals surface area contributed by atoms with E-state index in [1.165, 1.54) is 17.3 Å². The summed E-state index contributed by atoms with van der Waals surface area (Å²) in [4.78, 5) is 12.5. The van der Waals surface area contributed by atoms with E-state index in [2.05, 4.69) is 21.6 Å². The van der Waals surface area contributed by atoms with E-state index in [0.717, 1.165) is 11.3 Å². The fourth-order valence-corrected chi connectivity index (χ4v) is 3.37. The van der Waals surface area contributed by atoms with Gasteiger partial charge in [-0.15, -0.1) is 5.10 Å². The number of aryl methyl sites for hydroxylation is 2. The predicted molar refractivity (Wildman–Crippen MR) is 94.7 cm³/mol. The van der Waals surface area contributed by atoms with E-state index < -0.39 is 0 Å². The number of benzene rings is 2. The summed E-state index contributed by atoms with van der Waals surface area (Å²) in [7, 11) is 0. The molecule has 0 amide bonds. The van der Waals surface area contributed by atoms with Crippen molar-refractivity contribution >= 4 is 17.5 Å². The van der Waals surface area contributed by atoms with Gasteiger partial charge in [0, 0.05) is 5.56 Å². The van der Waals surface area contributed by atoms with Crippen LogP contribution in [0.15, 0.2) is 53.7 Å². The zero-order valence-corrected chi connectivity index (χ0v) is 14.6. The van der Waals surface area contributed by atoms with Crippen molar-refractivity contribution in [1.82, 2.24) is 20.2 Å². The first-order valence-corrected chi connectivity index (χ1v) is 8.56. The fraction of sp³-hybridized carbons (Fsp3) is 0.222. The number of aromatic nitrogens is 4. The molecule has 0 bridgehead atoms. The SMILES string of the molecule is Cc1ccc(-n2nnnc2S[C@H](C)C(=O)c2ccccc2)c(C)c1. The van der Waals surface area contributed by atoms with Gasteiger partial charge in [0.25, 0.3) is 0 Å². The number of rotatable bonds is 5. The lowest BCUT2D eigenvalue weighted by molar-refractivity contribution is 0.0994. The van der Waals surface area contributed by atoms with Crippen molar-refractivity contribution in [3.63, 3.8) is 0 Å². The van der Waals surface area contributed by atoms with Crippen molar-refractivity contribution in [3.8, 4) is 5.69 Å². The topological polar surface area (TPSA) is 60.7 Å². The third-order valence-corrected chi connectivity index (χ3v) is 4.76. The van der Waals surface area contributed by atoms with E-state index >= 15 is 0 Å². The van der Waals surface area contributed by atoms with Crippen LogP contribution < -0.4 is 0 Å². The van der Waals surface area contributed by atoms with Crippen LogP contribution in [0, 0.1) is 13.8 Å². The molecule has 0 unspecified atom stereocenters. The predicted octanol–water partition coefficient (Wildman–Crippen LogP) is 3.64. The first-order valence-electron chi connectivity index (χ1n) is 7.68. The number of ketones is 1. The van der Waals surface area contributed by atoms with Crippen LogP contribution in [-0.2, 0) is 0 Å². The molecular weight excluding hydrogens is 320 g/mol. The van der Waals surface area contributed by atoms with E-state index in [9.17, 15) is 4.79 Å². The van der Waals surface area contributed by atoms with Gasteiger partial charge in [-0.1, -0.05) is 59.8 Å². The number of hydrogen-bond acceptors (Lipinski definition) is 5. The third-order valence-electron chi connectivity index (χ3n) is 3.73. The Hall–Kier alpha value is -2.47. The van der Waals surface area contributed by atoms with Gasteiger partial charge in [-0.05, 0) is 42.8 Å². The zero-order valence-electron chi connectivity index (χ0n) is 13.8. The highest BCUT2D eigenvalue weighted by atomic mass is 32.2. The number of nitrogens with zero attached hydrogens (tertiary/aromatic N) is 4. The number of carbonyl (C=O) groups excluding carboxylic acids is 1. The Kier molecular flexibility index (Phi) is 4.76. The van der Waals surface area contributed by atoms with Gasteiger partial charge in [-0.3, -0.25) is 4.79 Å². The highest BCUT2D eigenvalue weighted by Crippen LogP contribution is 2.26. The van der Waals surface area contributed by atoms with Gasteiger partial charge in [0.15, 0.2) is 5.78 Å². The number of tetrazole rings is 1. The van der Waals surface area contributed by atoms with Crippen molar-refractivity contribution < 1.29 is 4.79 Å². The molecule has 24 heavy (non-hydrogen) atoms. The molecule has 2 aromatic carbocycles. The Labute approximate surface area is 145 Å². The Balaban J connectivity index is 1.84. The normalized spacial score (nSPS) is 12.1. The minimum absolute atomic E-state index is 0.0655. The van der Waals surface area contributed by atoms with Crippen LogP contribution in [0.4, 0.5) is 0 Å². The lowest BCUT2D eigenvalue weighted by Crippen LogP contribution is -2.14. The molecule has 1 atom stereocenters. The summed E-state index contributed by atoms with van der Waals surface area (Å²) in [6.07, 6.45) is 0. The van der Waals surface area contributed by atoms with Crippen LogP contribution in [0.5, 0.6) is 0 Å². The molecule has 0 saturated heterocycles. The molecule has 0 spiro atoms. The highest BCUT2D eigenvalue weighted by molar-refractivity contribution is 8.00. The second-order valence-corrected chi connectivity index (χ2v) is 6.96. The molecule has 1 heterocycles. The minimum atomic E-state index is -0.275. The van der Waals surface area contributed by atoms with Crippen molar-refractivity contribution in [1.29, 1.82) is 0 Å².